The van der Waals surface area contributed by atoms with E-state index in [0.717, 1.165) is 40.7 Å². The Bertz CT molecular complexity index is 1520. The van der Waals surface area contributed by atoms with E-state index in [1.807, 2.05) is 37.8 Å². The maximum absolute atomic E-state index is 6.62. The number of ether oxygens (including phenoxy) is 1. The molecule has 0 fully saturated rings. The second kappa shape index (κ2) is 11.2. The molecule has 0 saturated carbocycles. The Kier molecular flexibility index (Phi) is 7.72. The third-order valence-corrected chi connectivity index (χ3v) is 8.67. The van der Waals surface area contributed by atoms with E-state index in [9.17, 15) is 0 Å². The fourth-order valence-electron chi connectivity index (χ4n) is 5.51. The summed E-state index contributed by atoms with van der Waals surface area (Å²) in [7, 11) is 0. The van der Waals surface area contributed by atoms with E-state index in [1.165, 1.54) is 32.7 Å². The lowest BCUT2D eigenvalue weighted by molar-refractivity contribution is 0.412. The summed E-state index contributed by atoms with van der Waals surface area (Å²) >= 11 is 1.93. The van der Waals surface area contributed by atoms with Crippen molar-refractivity contribution in [2.45, 2.75) is 51.3 Å². The molecule has 3 heteroatoms. The molecular weight excluding hydrogens is 494 g/mol. The van der Waals surface area contributed by atoms with Crippen LogP contribution in [0.2, 0.25) is 0 Å². The van der Waals surface area contributed by atoms with Crippen LogP contribution in [-0.2, 0) is 11.8 Å². The largest absolute Gasteiger partial charge is 0.456 e. The standard InChI is InChI=1S/C34H31NOS.C2H6/c1-5-9-23(2)24-12-14-26(15-13-24)35(25-10-7-6-8-11-25)27-16-18-31-30(22-27)34(3,4)29-17-19-32-28(20-21-37-32)33(29)36-31;1-2/h5-19,22H,1,20-21H2,2-4H3;1-2H3/b23-9+;. The smallest absolute Gasteiger partial charge is 0.135 e. The monoisotopic (exact) mass is 531 g/mol. The number of benzene rings is 4. The zero-order chi connectivity index (χ0) is 27.6. The third-order valence-electron chi connectivity index (χ3n) is 7.57. The van der Waals surface area contributed by atoms with Crippen LogP contribution in [0.15, 0.2) is 109 Å². The van der Waals surface area contributed by atoms with E-state index >= 15 is 0 Å². The molecule has 0 spiro atoms. The Hall–Kier alpha value is -3.69. The molecule has 0 amide bonds. The van der Waals surface area contributed by atoms with Gasteiger partial charge in [-0.2, -0.15) is 0 Å². The van der Waals surface area contributed by atoms with Crippen LogP contribution in [0.3, 0.4) is 0 Å². The summed E-state index contributed by atoms with van der Waals surface area (Å²) in [6.45, 7) is 14.6. The van der Waals surface area contributed by atoms with Crippen molar-refractivity contribution < 1.29 is 4.74 Å². The maximum atomic E-state index is 6.62. The summed E-state index contributed by atoms with van der Waals surface area (Å²) in [5.74, 6) is 3.17. The highest BCUT2D eigenvalue weighted by Crippen LogP contribution is 2.53. The summed E-state index contributed by atoms with van der Waals surface area (Å²) in [5.41, 5.74) is 9.45. The first-order valence-electron chi connectivity index (χ1n) is 13.8. The van der Waals surface area contributed by atoms with Crippen LogP contribution in [0.4, 0.5) is 17.1 Å². The predicted octanol–water partition coefficient (Wildman–Crippen LogP) is 10.9. The molecule has 0 radical (unpaired) electrons. The summed E-state index contributed by atoms with van der Waals surface area (Å²) in [5, 5.41) is 0. The number of thioether (sulfide) groups is 1. The van der Waals surface area contributed by atoms with Crippen LogP contribution in [0.25, 0.3) is 5.57 Å². The van der Waals surface area contributed by atoms with Crippen molar-refractivity contribution in [3.05, 3.63) is 126 Å². The molecule has 0 saturated heterocycles. The number of rotatable bonds is 5. The third kappa shape index (κ3) is 4.92. The molecule has 2 heterocycles. The van der Waals surface area contributed by atoms with E-state index in [4.69, 9.17) is 4.74 Å². The van der Waals surface area contributed by atoms with Gasteiger partial charge >= 0.3 is 0 Å². The van der Waals surface area contributed by atoms with E-state index in [0.29, 0.717) is 0 Å². The molecule has 0 atom stereocenters. The number of para-hydroxylation sites is 1. The quantitative estimate of drug-likeness (QED) is 0.238. The van der Waals surface area contributed by atoms with Crippen molar-refractivity contribution >= 4 is 34.4 Å². The SMILES string of the molecule is C=C/C=C(\C)c1ccc(N(c2ccccc2)c2ccc3c(c2)C(C)(C)c2ccc4c(c2O3)CCS4)cc1.CC. The van der Waals surface area contributed by atoms with Crippen molar-refractivity contribution in [3.8, 4) is 11.5 Å². The molecule has 0 N–H and O–H groups in total. The summed E-state index contributed by atoms with van der Waals surface area (Å²) in [4.78, 5) is 3.69. The lowest BCUT2D eigenvalue weighted by Gasteiger charge is -2.37. The van der Waals surface area contributed by atoms with E-state index in [2.05, 4.69) is 117 Å². The first-order valence-corrected chi connectivity index (χ1v) is 14.8. The first-order chi connectivity index (χ1) is 19.0. The molecule has 4 aromatic carbocycles. The Morgan fingerprint density at radius 2 is 1.56 bits per heavy atom. The van der Waals surface area contributed by atoms with Crippen molar-refractivity contribution in [1.29, 1.82) is 0 Å². The Balaban J connectivity index is 0.00000151. The second-order valence-corrected chi connectivity index (χ2v) is 11.4. The fourth-order valence-corrected chi connectivity index (χ4v) is 6.57. The highest BCUT2D eigenvalue weighted by molar-refractivity contribution is 7.99. The average Bonchev–Trinajstić information content (AvgIpc) is 3.45. The topological polar surface area (TPSA) is 12.5 Å². The van der Waals surface area contributed by atoms with Gasteiger partial charge in [0.05, 0.1) is 0 Å². The van der Waals surface area contributed by atoms with Crippen LogP contribution in [0.1, 0.15) is 56.9 Å². The summed E-state index contributed by atoms with van der Waals surface area (Å²) < 4.78 is 6.62. The van der Waals surface area contributed by atoms with Crippen molar-refractivity contribution in [2.75, 3.05) is 10.7 Å². The molecule has 4 aromatic rings. The minimum absolute atomic E-state index is 0.167. The van der Waals surface area contributed by atoms with Crippen LogP contribution >= 0.6 is 11.8 Å². The van der Waals surface area contributed by atoms with Crippen LogP contribution < -0.4 is 9.64 Å². The van der Waals surface area contributed by atoms with Gasteiger partial charge in [-0.25, -0.2) is 0 Å². The minimum atomic E-state index is -0.167. The molecule has 6 rings (SSSR count). The van der Waals surface area contributed by atoms with Gasteiger partial charge < -0.3 is 9.64 Å². The van der Waals surface area contributed by atoms with Gasteiger partial charge in [0.1, 0.15) is 11.5 Å². The molecule has 39 heavy (non-hydrogen) atoms. The van der Waals surface area contributed by atoms with Gasteiger partial charge in [-0.05, 0) is 73.0 Å². The second-order valence-electron chi connectivity index (χ2n) is 10.2. The molecular formula is C36H37NOS. The van der Waals surface area contributed by atoms with E-state index in [-0.39, 0.29) is 5.41 Å². The highest BCUT2D eigenvalue weighted by atomic mass is 32.2. The Morgan fingerprint density at radius 1 is 0.872 bits per heavy atom. The number of fused-ring (bicyclic) bond motifs is 4. The van der Waals surface area contributed by atoms with Gasteiger partial charge in [0.15, 0.2) is 0 Å². The molecule has 2 aliphatic rings. The predicted molar refractivity (Wildman–Crippen MR) is 169 cm³/mol. The van der Waals surface area contributed by atoms with Crippen LogP contribution in [0.5, 0.6) is 11.5 Å². The van der Waals surface area contributed by atoms with Gasteiger partial charge in [-0.1, -0.05) is 82.8 Å². The zero-order valence-electron chi connectivity index (χ0n) is 23.6. The molecule has 0 unspecified atom stereocenters. The van der Waals surface area contributed by atoms with E-state index < -0.39 is 0 Å². The lowest BCUT2D eigenvalue weighted by atomic mass is 9.75. The normalized spacial score (nSPS) is 14.6. The molecule has 2 nitrogen and oxygen atoms in total. The average molecular weight is 532 g/mol. The zero-order valence-corrected chi connectivity index (χ0v) is 24.4. The van der Waals surface area contributed by atoms with Gasteiger partial charge in [0.2, 0.25) is 0 Å². The van der Waals surface area contributed by atoms with Gasteiger partial charge in [-0.15, -0.1) is 11.8 Å². The van der Waals surface area contributed by atoms with Crippen molar-refractivity contribution in [2.24, 2.45) is 0 Å². The molecule has 0 bridgehead atoms. The number of hydrogen-bond donors (Lipinski definition) is 0. The van der Waals surface area contributed by atoms with Gasteiger partial charge in [0.25, 0.3) is 0 Å². The molecule has 0 aliphatic carbocycles. The number of nitrogens with zero attached hydrogens (tertiary/aromatic N) is 1. The first kappa shape index (κ1) is 26.9. The highest BCUT2D eigenvalue weighted by Gasteiger charge is 2.37. The van der Waals surface area contributed by atoms with Crippen LogP contribution in [-0.4, -0.2) is 5.75 Å². The maximum Gasteiger partial charge on any atom is 0.135 e. The molecule has 0 aromatic heterocycles. The van der Waals surface area contributed by atoms with Crippen LogP contribution in [0, 0.1) is 0 Å². The number of allylic oxidation sites excluding steroid dienone is 3. The van der Waals surface area contributed by atoms with Crippen molar-refractivity contribution in [1.82, 2.24) is 0 Å². The van der Waals surface area contributed by atoms with Crippen molar-refractivity contribution in [3.63, 3.8) is 0 Å². The van der Waals surface area contributed by atoms with Gasteiger partial charge in [-0.3, -0.25) is 0 Å². The number of hydrogen-bond acceptors (Lipinski definition) is 3. The fraction of sp³-hybridized carbons (Fsp3) is 0.222. The summed E-state index contributed by atoms with van der Waals surface area (Å²) in [6, 6.07) is 30.5. The Morgan fingerprint density at radius 3 is 2.28 bits per heavy atom. The summed E-state index contributed by atoms with van der Waals surface area (Å²) in [6.07, 6.45) is 4.95. The lowest BCUT2D eigenvalue weighted by Crippen LogP contribution is -2.25. The molecule has 198 valence electrons. The van der Waals surface area contributed by atoms with Gasteiger partial charge in [0, 0.05) is 49.8 Å². The molecule has 2 aliphatic heterocycles. The van der Waals surface area contributed by atoms with E-state index in [1.54, 1.807) is 0 Å². The Labute approximate surface area is 238 Å². The minimum Gasteiger partial charge on any atom is -0.456 e. The number of anilines is 3.